The summed E-state index contributed by atoms with van der Waals surface area (Å²) >= 11 is 0. The molecule has 1 atom stereocenters. The minimum Gasteiger partial charge on any atom is -0.353 e. The normalized spacial score (nSPS) is 17.2. The number of hydrogen-bond acceptors (Lipinski definition) is 4. The van der Waals surface area contributed by atoms with Gasteiger partial charge < -0.3 is 15.2 Å². The van der Waals surface area contributed by atoms with Crippen molar-refractivity contribution in [1.29, 1.82) is 0 Å². The SMILES string of the molecule is Cc1cc(C(=O)N2CCNC(=O)[C@@H]2Cc2cnc[nH]2)c2cccc(C)c2n1. The Kier molecular flexibility index (Phi) is 4.35. The molecule has 0 radical (unpaired) electrons. The van der Waals surface area contributed by atoms with Crippen LogP contribution in [0.15, 0.2) is 36.8 Å². The van der Waals surface area contributed by atoms with Crippen molar-refractivity contribution >= 4 is 22.7 Å². The van der Waals surface area contributed by atoms with E-state index in [2.05, 4.69) is 20.3 Å². The van der Waals surface area contributed by atoms with E-state index >= 15 is 0 Å². The van der Waals surface area contributed by atoms with Gasteiger partial charge in [-0.25, -0.2) is 4.98 Å². The maximum absolute atomic E-state index is 13.5. The number of nitrogens with one attached hydrogen (secondary N) is 2. The summed E-state index contributed by atoms with van der Waals surface area (Å²) in [6.45, 7) is 4.79. The largest absolute Gasteiger partial charge is 0.353 e. The predicted molar refractivity (Wildman–Crippen MR) is 101 cm³/mol. The molecular weight excluding hydrogens is 342 g/mol. The van der Waals surface area contributed by atoms with Crippen molar-refractivity contribution in [3.8, 4) is 0 Å². The number of nitrogens with zero attached hydrogens (tertiary/aromatic N) is 3. The summed E-state index contributed by atoms with van der Waals surface area (Å²) < 4.78 is 0. The Hall–Kier alpha value is -3.22. The third-order valence-corrected chi connectivity index (χ3v) is 4.96. The van der Waals surface area contributed by atoms with Crippen LogP contribution in [-0.4, -0.2) is 50.8 Å². The lowest BCUT2D eigenvalue weighted by Crippen LogP contribution is -2.58. The summed E-state index contributed by atoms with van der Waals surface area (Å²) in [4.78, 5) is 39.2. The molecule has 3 aromatic rings. The number of imidazole rings is 1. The van der Waals surface area contributed by atoms with E-state index in [9.17, 15) is 9.59 Å². The molecule has 1 aliphatic rings. The lowest BCUT2D eigenvalue weighted by atomic mass is 10.0. The van der Waals surface area contributed by atoms with Crippen LogP contribution in [-0.2, 0) is 11.2 Å². The van der Waals surface area contributed by atoms with Crippen LogP contribution in [0.25, 0.3) is 10.9 Å². The fourth-order valence-corrected chi connectivity index (χ4v) is 3.62. The van der Waals surface area contributed by atoms with E-state index in [1.165, 1.54) is 0 Å². The predicted octanol–water partition coefficient (Wildman–Crippen LogP) is 1.76. The number of piperazine rings is 1. The lowest BCUT2D eigenvalue weighted by molar-refractivity contribution is -0.127. The molecule has 2 N–H and O–H groups in total. The molecule has 1 aliphatic heterocycles. The zero-order chi connectivity index (χ0) is 19.0. The molecule has 4 rings (SSSR count). The average molecular weight is 363 g/mol. The molecule has 0 saturated carbocycles. The van der Waals surface area contributed by atoms with Crippen molar-refractivity contribution in [2.45, 2.75) is 26.3 Å². The van der Waals surface area contributed by atoms with Crippen molar-refractivity contribution in [3.63, 3.8) is 0 Å². The van der Waals surface area contributed by atoms with E-state index in [1.807, 2.05) is 38.1 Å². The first-order valence-electron chi connectivity index (χ1n) is 8.97. The van der Waals surface area contributed by atoms with Gasteiger partial charge in [-0.15, -0.1) is 0 Å². The van der Waals surface area contributed by atoms with E-state index in [0.717, 1.165) is 27.9 Å². The number of H-pyrrole nitrogens is 1. The number of hydrogen-bond donors (Lipinski definition) is 2. The number of aryl methyl sites for hydroxylation is 2. The molecule has 7 nitrogen and oxygen atoms in total. The maximum Gasteiger partial charge on any atom is 0.255 e. The van der Waals surface area contributed by atoms with Crippen LogP contribution >= 0.6 is 0 Å². The minimum atomic E-state index is -0.569. The Bertz CT molecular complexity index is 1010. The molecule has 1 fully saturated rings. The number of benzene rings is 1. The maximum atomic E-state index is 13.5. The van der Waals surface area contributed by atoms with Crippen LogP contribution < -0.4 is 5.32 Å². The number of rotatable bonds is 3. The fourth-order valence-electron chi connectivity index (χ4n) is 3.62. The standard InChI is InChI=1S/C20H21N5O2/c1-12-4-3-5-15-16(8-13(2)24-18(12)15)20(27)25-7-6-22-19(26)17(25)9-14-10-21-11-23-14/h3-5,8,10-11,17H,6-7,9H2,1-2H3,(H,21,23)(H,22,26)/t17-/m0/s1. The van der Waals surface area contributed by atoms with E-state index in [-0.39, 0.29) is 11.8 Å². The third-order valence-electron chi connectivity index (χ3n) is 4.96. The molecule has 2 amide bonds. The van der Waals surface area contributed by atoms with Gasteiger partial charge in [0, 0.05) is 42.5 Å². The first-order valence-corrected chi connectivity index (χ1v) is 8.97. The molecule has 138 valence electrons. The average Bonchev–Trinajstić information content (AvgIpc) is 3.16. The second kappa shape index (κ2) is 6.83. The quantitative estimate of drug-likeness (QED) is 0.742. The van der Waals surface area contributed by atoms with Gasteiger partial charge >= 0.3 is 0 Å². The Morgan fingerprint density at radius 1 is 1.33 bits per heavy atom. The van der Waals surface area contributed by atoms with Crippen molar-refractivity contribution in [1.82, 2.24) is 25.2 Å². The zero-order valence-corrected chi connectivity index (χ0v) is 15.3. The number of aromatic amines is 1. The number of amides is 2. The summed E-state index contributed by atoms with van der Waals surface area (Å²) in [7, 11) is 0. The summed E-state index contributed by atoms with van der Waals surface area (Å²) in [6.07, 6.45) is 3.66. The molecule has 2 aromatic heterocycles. The van der Waals surface area contributed by atoms with Crippen LogP contribution in [0.2, 0.25) is 0 Å². The van der Waals surface area contributed by atoms with Gasteiger partial charge in [0.15, 0.2) is 0 Å². The zero-order valence-electron chi connectivity index (χ0n) is 15.3. The van der Waals surface area contributed by atoms with E-state index in [1.54, 1.807) is 17.4 Å². The number of para-hydroxylation sites is 1. The second-order valence-corrected chi connectivity index (χ2v) is 6.87. The summed E-state index contributed by atoms with van der Waals surface area (Å²) in [5.41, 5.74) is 4.04. The smallest absolute Gasteiger partial charge is 0.255 e. The summed E-state index contributed by atoms with van der Waals surface area (Å²) in [6, 6.07) is 7.06. The fraction of sp³-hybridized carbons (Fsp3) is 0.300. The van der Waals surface area contributed by atoms with Gasteiger partial charge in [0.25, 0.3) is 5.91 Å². The van der Waals surface area contributed by atoms with Crippen molar-refractivity contribution in [3.05, 3.63) is 59.3 Å². The van der Waals surface area contributed by atoms with Crippen LogP contribution in [0.5, 0.6) is 0 Å². The minimum absolute atomic E-state index is 0.143. The number of carbonyl (C=O) groups excluding carboxylic acids is 2. The molecule has 0 bridgehead atoms. The van der Waals surface area contributed by atoms with Gasteiger partial charge in [-0.2, -0.15) is 0 Å². The molecule has 27 heavy (non-hydrogen) atoms. The Morgan fingerprint density at radius 2 is 2.19 bits per heavy atom. The Labute approximate surface area is 156 Å². The van der Waals surface area contributed by atoms with Crippen LogP contribution in [0.1, 0.15) is 27.3 Å². The highest BCUT2D eigenvalue weighted by Crippen LogP contribution is 2.24. The highest BCUT2D eigenvalue weighted by atomic mass is 16.2. The van der Waals surface area contributed by atoms with Crippen LogP contribution in [0.4, 0.5) is 0 Å². The number of fused-ring (bicyclic) bond motifs is 1. The molecule has 0 unspecified atom stereocenters. The Balaban J connectivity index is 1.75. The molecule has 0 aliphatic carbocycles. The number of pyridine rings is 1. The monoisotopic (exact) mass is 363 g/mol. The molecule has 3 heterocycles. The van der Waals surface area contributed by atoms with Crippen LogP contribution in [0.3, 0.4) is 0 Å². The lowest BCUT2D eigenvalue weighted by Gasteiger charge is -2.35. The Morgan fingerprint density at radius 3 is 2.96 bits per heavy atom. The highest BCUT2D eigenvalue weighted by Gasteiger charge is 2.34. The first-order chi connectivity index (χ1) is 13.0. The van der Waals surface area contributed by atoms with Gasteiger partial charge in [0.1, 0.15) is 6.04 Å². The highest BCUT2D eigenvalue weighted by molar-refractivity contribution is 6.08. The second-order valence-electron chi connectivity index (χ2n) is 6.87. The van der Waals surface area contributed by atoms with Crippen molar-refractivity contribution in [2.75, 3.05) is 13.1 Å². The van der Waals surface area contributed by atoms with Gasteiger partial charge in [-0.1, -0.05) is 18.2 Å². The van der Waals surface area contributed by atoms with Gasteiger partial charge in [-0.3, -0.25) is 14.6 Å². The third kappa shape index (κ3) is 3.16. The number of carbonyl (C=O) groups is 2. The molecule has 0 spiro atoms. The topological polar surface area (TPSA) is 91.0 Å². The van der Waals surface area contributed by atoms with Crippen LogP contribution in [0, 0.1) is 13.8 Å². The first kappa shape index (κ1) is 17.2. The van der Waals surface area contributed by atoms with Crippen molar-refractivity contribution in [2.24, 2.45) is 0 Å². The molecule has 7 heteroatoms. The summed E-state index contributed by atoms with van der Waals surface area (Å²) in [5, 5.41) is 3.68. The van der Waals surface area contributed by atoms with Gasteiger partial charge in [0.2, 0.25) is 5.91 Å². The van der Waals surface area contributed by atoms with Gasteiger partial charge in [-0.05, 0) is 25.5 Å². The summed E-state index contributed by atoms with van der Waals surface area (Å²) in [5.74, 6) is -0.286. The molecular formula is C20H21N5O2. The van der Waals surface area contributed by atoms with E-state index < -0.39 is 6.04 Å². The van der Waals surface area contributed by atoms with Crippen molar-refractivity contribution < 1.29 is 9.59 Å². The van der Waals surface area contributed by atoms with E-state index in [0.29, 0.717) is 25.1 Å². The molecule has 1 aromatic carbocycles. The van der Waals surface area contributed by atoms with E-state index in [4.69, 9.17) is 0 Å². The number of aromatic nitrogens is 3. The van der Waals surface area contributed by atoms with Gasteiger partial charge in [0.05, 0.1) is 17.4 Å². The molecule has 1 saturated heterocycles.